The number of nitrogens with one attached hydrogen (secondary N) is 2. The Bertz CT molecular complexity index is 561. The molecule has 0 spiro atoms. The molecule has 0 aromatic heterocycles. The predicted molar refractivity (Wildman–Crippen MR) is 114 cm³/mol. The van der Waals surface area contributed by atoms with E-state index in [9.17, 15) is 0 Å². The molecule has 1 aliphatic carbocycles. The van der Waals surface area contributed by atoms with Crippen molar-refractivity contribution in [3.8, 4) is 0 Å². The number of rotatable bonds is 9. The second kappa shape index (κ2) is 10.7. The normalized spacial score (nSPS) is 19.4. The Balaban J connectivity index is 1.41. The van der Waals surface area contributed by atoms with Crippen molar-refractivity contribution in [2.45, 2.75) is 58.2 Å². The minimum atomic E-state index is 0.528. The molecule has 2 aliphatic rings. The molecule has 0 atom stereocenters. The molecule has 3 rings (SSSR count). The van der Waals surface area contributed by atoms with Gasteiger partial charge in [-0.3, -0.25) is 14.8 Å². The number of piperidine rings is 1. The van der Waals surface area contributed by atoms with Gasteiger partial charge in [-0.2, -0.15) is 0 Å². The average molecular weight is 372 g/mol. The second-order valence-corrected chi connectivity index (χ2v) is 7.80. The summed E-state index contributed by atoms with van der Waals surface area (Å²) in [6, 6.07) is 12.2. The zero-order valence-electron chi connectivity index (χ0n) is 17.2. The molecule has 5 nitrogen and oxygen atoms in total. The summed E-state index contributed by atoms with van der Waals surface area (Å²) in [6.07, 6.45) is 5.11. The Morgan fingerprint density at radius 3 is 2.48 bits per heavy atom. The first-order chi connectivity index (χ1) is 13.3. The first kappa shape index (κ1) is 20.2. The Labute approximate surface area is 165 Å². The van der Waals surface area contributed by atoms with Crippen LogP contribution in [-0.2, 0) is 6.54 Å². The lowest BCUT2D eigenvalue weighted by Gasteiger charge is -2.33. The van der Waals surface area contributed by atoms with Crippen LogP contribution in [0.2, 0.25) is 0 Å². The molecule has 1 aromatic rings. The van der Waals surface area contributed by atoms with Gasteiger partial charge in [0.05, 0.1) is 6.54 Å². The van der Waals surface area contributed by atoms with Crippen molar-refractivity contribution in [3.05, 3.63) is 35.9 Å². The highest BCUT2D eigenvalue weighted by Crippen LogP contribution is 2.25. The van der Waals surface area contributed by atoms with Gasteiger partial charge in [-0.25, -0.2) is 0 Å². The second-order valence-electron chi connectivity index (χ2n) is 7.80. The molecule has 2 fully saturated rings. The molecule has 1 aliphatic heterocycles. The van der Waals surface area contributed by atoms with Crippen LogP contribution in [0.1, 0.15) is 45.1 Å². The molecule has 0 radical (unpaired) electrons. The van der Waals surface area contributed by atoms with Crippen molar-refractivity contribution in [3.63, 3.8) is 0 Å². The minimum absolute atomic E-state index is 0.528. The number of likely N-dealkylation sites (tertiary alicyclic amines) is 1. The molecule has 27 heavy (non-hydrogen) atoms. The highest BCUT2D eigenvalue weighted by molar-refractivity contribution is 5.80. The van der Waals surface area contributed by atoms with Crippen LogP contribution in [0.4, 0.5) is 0 Å². The number of likely N-dealkylation sites (N-methyl/N-ethyl adjacent to an activating group) is 1. The molecule has 150 valence electrons. The molecular weight excluding hydrogens is 334 g/mol. The third-order valence-electron chi connectivity index (χ3n) is 5.65. The molecule has 1 heterocycles. The van der Waals surface area contributed by atoms with Gasteiger partial charge < -0.3 is 10.6 Å². The summed E-state index contributed by atoms with van der Waals surface area (Å²) in [5, 5.41) is 7.10. The lowest BCUT2D eigenvalue weighted by Crippen LogP contribution is -2.48. The van der Waals surface area contributed by atoms with Crippen molar-refractivity contribution in [2.24, 2.45) is 4.99 Å². The fraction of sp³-hybridized carbons (Fsp3) is 0.682. The largest absolute Gasteiger partial charge is 0.357 e. The van der Waals surface area contributed by atoms with Gasteiger partial charge in [-0.05, 0) is 44.7 Å². The van der Waals surface area contributed by atoms with E-state index in [0.29, 0.717) is 6.04 Å². The summed E-state index contributed by atoms with van der Waals surface area (Å²) in [6.45, 7) is 11.8. The van der Waals surface area contributed by atoms with E-state index in [-0.39, 0.29) is 0 Å². The zero-order chi connectivity index (χ0) is 18.9. The van der Waals surface area contributed by atoms with Gasteiger partial charge in [0, 0.05) is 44.8 Å². The van der Waals surface area contributed by atoms with E-state index in [4.69, 9.17) is 4.99 Å². The Kier molecular flexibility index (Phi) is 7.96. The average Bonchev–Trinajstić information content (AvgIpc) is 3.53. The fourth-order valence-electron chi connectivity index (χ4n) is 3.92. The van der Waals surface area contributed by atoms with Crippen LogP contribution in [0.5, 0.6) is 0 Å². The van der Waals surface area contributed by atoms with Gasteiger partial charge in [-0.15, -0.1) is 0 Å². The first-order valence-corrected chi connectivity index (χ1v) is 10.8. The van der Waals surface area contributed by atoms with Crippen LogP contribution < -0.4 is 10.6 Å². The van der Waals surface area contributed by atoms with Crippen LogP contribution in [0.3, 0.4) is 0 Å². The van der Waals surface area contributed by atoms with Gasteiger partial charge in [0.1, 0.15) is 0 Å². The molecule has 0 amide bonds. The van der Waals surface area contributed by atoms with Crippen LogP contribution in [0.25, 0.3) is 0 Å². The van der Waals surface area contributed by atoms with Crippen molar-refractivity contribution >= 4 is 5.96 Å². The van der Waals surface area contributed by atoms with Gasteiger partial charge in [0.15, 0.2) is 5.96 Å². The lowest BCUT2D eigenvalue weighted by atomic mass is 10.0. The van der Waals surface area contributed by atoms with E-state index in [1.54, 1.807) is 0 Å². The summed E-state index contributed by atoms with van der Waals surface area (Å²) in [7, 11) is 0. The van der Waals surface area contributed by atoms with E-state index in [1.807, 2.05) is 0 Å². The molecule has 5 heteroatoms. The molecule has 2 N–H and O–H groups in total. The minimum Gasteiger partial charge on any atom is -0.357 e. The van der Waals surface area contributed by atoms with Gasteiger partial charge in [0.2, 0.25) is 0 Å². The number of aliphatic imine (C=N–C) groups is 1. The van der Waals surface area contributed by atoms with Gasteiger partial charge in [-0.1, -0.05) is 37.3 Å². The smallest absolute Gasteiger partial charge is 0.191 e. The van der Waals surface area contributed by atoms with Crippen molar-refractivity contribution in [2.75, 3.05) is 39.3 Å². The summed E-state index contributed by atoms with van der Waals surface area (Å²) >= 11 is 0. The summed E-state index contributed by atoms with van der Waals surface area (Å²) < 4.78 is 0. The van der Waals surface area contributed by atoms with E-state index >= 15 is 0 Å². The van der Waals surface area contributed by atoms with Crippen LogP contribution in [-0.4, -0.2) is 67.1 Å². The van der Waals surface area contributed by atoms with E-state index in [0.717, 1.165) is 57.8 Å². The maximum Gasteiger partial charge on any atom is 0.191 e. The number of nitrogens with zero attached hydrogens (tertiary/aromatic N) is 3. The SMILES string of the molecule is CCNC(=NCCN(CC)C1CC1)NC1CCN(Cc2ccccc2)CC1. The van der Waals surface area contributed by atoms with Gasteiger partial charge in [0.25, 0.3) is 0 Å². The number of guanidine groups is 1. The number of hydrogen-bond donors (Lipinski definition) is 2. The zero-order valence-corrected chi connectivity index (χ0v) is 17.2. The Morgan fingerprint density at radius 2 is 1.85 bits per heavy atom. The van der Waals surface area contributed by atoms with Gasteiger partial charge >= 0.3 is 0 Å². The maximum atomic E-state index is 4.83. The predicted octanol–water partition coefficient (Wildman–Crippen LogP) is 2.69. The quantitative estimate of drug-likeness (QED) is 0.517. The van der Waals surface area contributed by atoms with Crippen LogP contribution in [0.15, 0.2) is 35.3 Å². The topological polar surface area (TPSA) is 42.9 Å². The lowest BCUT2D eigenvalue weighted by molar-refractivity contribution is 0.198. The van der Waals surface area contributed by atoms with E-state index in [1.165, 1.54) is 31.2 Å². The standard InChI is InChI=1S/C22H37N5/c1-3-23-22(24-14-17-27(4-2)21-10-11-21)25-20-12-15-26(16-13-20)18-19-8-6-5-7-9-19/h5-9,20-21H,3-4,10-18H2,1-2H3,(H2,23,24,25). The van der Waals surface area contributed by atoms with Crippen LogP contribution in [0, 0.1) is 0 Å². The summed E-state index contributed by atoms with van der Waals surface area (Å²) in [5.74, 6) is 0.992. The van der Waals surface area contributed by atoms with Crippen LogP contribution >= 0.6 is 0 Å². The molecule has 0 unspecified atom stereocenters. The highest BCUT2D eigenvalue weighted by atomic mass is 15.2. The molecule has 1 saturated heterocycles. The third kappa shape index (κ3) is 6.82. The summed E-state index contributed by atoms with van der Waals surface area (Å²) in [4.78, 5) is 9.96. The van der Waals surface area contributed by atoms with E-state index < -0.39 is 0 Å². The Morgan fingerprint density at radius 1 is 1.11 bits per heavy atom. The molecule has 0 bridgehead atoms. The number of benzene rings is 1. The monoisotopic (exact) mass is 371 g/mol. The van der Waals surface area contributed by atoms with Crippen molar-refractivity contribution in [1.82, 2.24) is 20.4 Å². The van der Waals surface area contributed by atoms with Crippen molar-refractivity contribution < 1.29 is 0 Å². The summed E-state index contributed by atoms with van der Waals surface area (Å²) in [5.41, 5.74) is 1.41. The molecule has 1 aromatic carbocycles. The Hall–Kier alpha value is -1.59. The van der Waals surface area contributed by atoms with E-state index in [2.05, 4.69) is 64.6 Å². The molecular formula is C22H37N5. The highest BCUT2D eigenvalue weighted by Gasteiger charge is 2.27. The first-order valence-electron chi connectivity index (χ1n) is 10.8. The number of hydrogen-bond acceptors (Lipinski definition) is 3. The molecule has 1 saturated carbocycles. The van der Waals surface area contributed by atoms with Crippen molar-refractivity contribution in [1.29, 1.82) is 0 Å². The maximum absolute atomic E-state index is 4.83. The third-order valence-corrected chi connectivity index (χ3v) is 5.65. The fourth-order valence-corrected chi connectivity index (χ4v) is 3.92.